The van der Waals surface area contributed by atoms with Crippen LogP contribution in [-0.4, -0.2) is 27.4 Å². The van der Waals surface area contributed by atoms with E-state index in [9.17, 15) is 10.2 Å². The van der Waals surface area contributed by atoms with Gasteiger partial charge in [0.1, 0.15) is 0 Å². The van der Waals surface area contributed by atoms with Gasteiger partial charge in [0.2, 0.25) is 0 Å². The Bertz CT molecular complexity index is 870. The first-order chi connectivity index (χ1) is 15.6. The zero-order valence-electron chi connectivity index (χ0n) is 21.4. The molecule has 5 rings (SSSR count). The topological polar surface area (TPSA) is 79.4 Å². The minimum Gasteiger partial charge on any atom is -0.390 e. The molecule has 3 saturated carbocycles. The molecule has 0 aromatic carbocycles. The molecule has 1 aromatic rings. The number of fused-ring (bicyclic) bond motifs is 6. The average Bonchev–Trinajstić information content (AvgIpc) is 3.28. The Labute approximate surface area is 204 Å². The van der Waals surface area contributed by atoms with Crippen LogP contribution in [-0.2, 0) is 12.8 Å². The molecule has 1 heterocycles. The number of nitrogens with zero attached hydrogens (tertiary/aromatic N) is 1. The van der Waals surface area contributed by atoms with Gasteiger partial charge in [-0.2, -0.15) is 0 Å². The van der Waals surface area contributed by atoms with Crippen molar-refractivity contribution in [3.63, 3.8) is 0 Å². The minimum absolute atomic E-state index is 0.0254. The maximum atomic E-state index is 11.6. The van der Waals surface area contributed by atoms with Gasteiger partial charge < -0.3 is 15.9 Å². The highest BCUT2D eigenvalue weighted by molar-refractivity contribution is 7.15. The molecule has 0 amide bonds. The second-order valence-corrected chi connectivity index (χ2v) is 14.3. The van der Waals surface area contributed by atoms with Gasteiger partial charge in [-0.25, -0.2) is 4.98 Å². The number of aliphatic hydroxyl groups excluding tert-OH is 2. The predicted octanol–water partition coefficient (Wildman–Crippen LogP) is 5.70. The molecule has 0 saturated heterocycles. The van der Waals surface area contributed by atoms with Crippen LogP contribution in [0.3, 0.4) is 0 Å². The molecule has 33 heavy (non-hydrogen) atoms. The summed E-state index contributed by atoms with van der Waals surface area (Å²) in [6.45, 7) is 12.1. The van der Waals surface area contributed by atoms with Gasteiger partial charge in [0.05, 0.1) is 17.9 Å². The van der Waals surface area contributed by atoms with E-state index >= 15 is 0 Å². The molecule has 0 radical (unpaired) electrons. The van der Waals surface area contributed by atoms with E-state index in [4.69, 9.17) is 5.73 Å². The molecule has 3 fully saturated rings. The normalized spacial score (nSPS) is 45.3. The standard InChI is InChI=1S/C28H46N2O2S/c1-15(2)7-6-8-16(3)17-9-10-18-23-19(11-12-27(17,18)4)28(5)14-22-21(30-26(29)33-22)13-20(28)24(31)25(23)32/h15-20,23-25,31-32H,6-14H2,1-5H3,(H2,29,30)/t16-,17-,18+,19+,20-,23+,24-,25-,27-,28-/m1/s1. The predicted molar refractivity (Wildman–Crippen MR) is 136 cm³/mol. The number of hydrogen-bond acceptors (Lipinski definition) is 5. The summed E-state index contributed by atoms with van der Waals surface area (Å²) in [7, 11) is 0. The highest BCUT2D eigenvalue weighted by Crippen LogP contribution is 2.68. The largest absolute Gasteiger partial charge is 0.390 e. The molecule has 0 unspecified atom stereocenters. The fourth-order valence-electron chi connectivity index (χ4n) is 9.47. The maximum absolute atomic E-state index is 11.6. The molecular formula is C28H46N2O2S. The zero-order chi connectivity index (χ0) is 23.7. The monoisotopic (exact) mass is 474 g/mol. The van der Waals surface area contributed by atoms with Crippen LogP contribution in [0.15, 0.2) is 0 Å². The number of nitrogen functional groups attached to an aromatic ring is 1. The lowest BCUT2D eigenvalue weighted by Crippen LogP contribution is -2.64. The number of thiazole rings is 1. The number of aliphatic hydroxyl groups is 2. The van der Waals surface area contributed by atoms with E-state index in [1.54, 1.807) is 11.3 Å². The summed E-state index contributed by atoms with van der Waals surface area (Å²) < 4.78 is 0. The summed E-state index contributed by atoms with van der Waals surface area (Å²) in [5.41, 5.74) is 7.46. The van der Waals surface area contributed by atoms with Crippen LogP contribution in [0.4, 0.5) is 5.13 Å². The van der Waals surface area contributed by atoms with Crippen molar-refractivity contribution < 1.29 is 10.2 Å². The fourth-order valence-corrected chi connectivity index (χ4v) is 10.5. The third kappa shape index (κ3) is 3.71. The SMILES string of the molecule is CC(C)CCC[C@@H](C)[C@H]1CC[C@H]2[C@@H]3[C@@H](O)[C@H](O)[C@H]4Cc5nc(N)sc5C[C@]4(C)[C@H]3CC[C@]12C. The highest BCUT2D eigenvalue weighted by atomic mass is 32.1. The first-order valence-electron chi connectivity index (χ1n) is 13.7. The van der Waals surface area contributed by atoms with Crippen LogP contribution >= 0.6 is 11.3 Å². The molecule has 4 nitrogen and oxygen atoms in total. The van der Waals surface area contributed by atoms with E-state index in [0.717, 1.165) is 36.3 Å². The molecule has 0 spiro atoms. The van der Waals surface area contributed by atoms with Crippen molar-refractivity contribution in [1.29, 1.82) is 0 Å². The smallest absolute Gasteiger partial charge is 0.180 e. The van der Waals surface area contributed by atoms with Gasteiger partial charge in [-0.15, -0.1) is 11.3 Å². The number of aromatic nitrogens is 1. The summed E-state index contributed by atoms with van der Waals surface area (Å²) in [6.07, 6.45) is 9.45. The van der Waals surface area contributed by atoms with Crippen molar-refractivity contribution >= 4 is 16.5 Å². The second-order valence-electron chi connectivity index (χ2n) is 13.2. The minimum atomic E-state index is -0.655. The maximum Gasteiger partial charge on any atom is 0.180 e. The number of nitrogens with two attached hydrogens (primary N) is 1. The Kier molecular flexibility index (Phi) is 6.18. The summed E-state index contributed by atoms with van der Waals surface area (Å²) in [5, 5.41) is 23.7. The summed E-state index contributed by atoms with van der Waals surface area (Å²) in [5.74, 6) is 3.61. The molecule has 4 N–H and O–H groups in total. The van der Waals surface area contributed by atoms with Crippen molar-refractivity contribution in [3.8, 4) is 0 Å². The fraction of sp³-hybridized carbons (Fsp3) is 0.893. The van der Waals surface area contributed by atoms with Gasteiger partial charge in [0.15, 0.2) is 5.13 Å². The summed E-state index contributed by atoms with van der Waals surface area (Å²) in [6, 6.07) is 0. The van der Waals surface area contributed by atoms with Gasteiger partial charge in [0.25, 0.3) is 0 Å². The molecule has 4 aliphatic carbocycles. The van der Waals surface area contributed by atoms with E-state index in [2.05, 4.69) is 39.6 Å². The van der Waals surface area contributed by atoms with Crippen LogP contribution in [0.25, 0.3) is 0 Å². The molecule has 1 aromatic heterocycles. The first kappa shape index (κ1) is 24.1. The molecule has 0 bridgehead atoms. The lowest BCUT2D eigenvalue weighted by atomic mass is 9.43. The van der Waals surface area contributed by atoms with Crippen LogP contribution in [0.1, 0.15) is 90.1 Å². The van der Waals surface area contributed by atoms with Crippen LogP contribution < -0.4 is 5.73 Å². The molecular weight excluding hydrogens is 428 g/mol. The van der Waals surface area contributed by atoms with Gasteiger partial charge in [-0.1, -0.05) is 53.9 Å². The molecule has 4 aliphatic rings. The molecule has 5 heteroatoms. The number of hydrogen-bond donors (Lipinski definition) is 3. The third-order valence-corrected chi connectivity index (χ3v) is 12.1. The molecule has 0 aliphatic heterocycles. The third-order valence-electron chi connectivity index (χ3n) is 11.1. The van der Waals surface area contributed by atoms with Crippen molar-refractivity contribution in [2.24, 2.45) is 52.3 Å². The van der Waals surface area contributed by atoms with E-state index in [1.165, 1.54) is 49.8 Å². The van der Waals surface area contributed by atoms with E-state index in [1.807, 2.05) is 0 Å². The van der Waals surface area contributed by atoms with Crippen molar-refractivity contribution in [3.05, 3.63) is 10.6 Å². The lowest BCUT2D eigenvalue weighted by Gasteiger charge is -2.63. The Balaban J connectivity index is 1.40. The zero-order valence-corrected chi connectivity index (χ0v) is 22.2. The Morgan fingerprint density at radius 2 is 1.73 bits per heavy atom. The van der Waals surface area contributed by atoms with Crippen LogP contribution in [0, 0.1) is 52.3 Å². The molecule has 10 atom stereocenters. The number of anilines is 1. The van der Waals surface area contributed by atoms with E-state index < -0.39 is 12.2 Å². The lowest BCUT2D eigenvalue weighted by molar-refractivity contribution is -0.207. The molecule has 186 valence electrons. The Hall–Kier alpha value is -0.650. The highest BCUT2D eigenvalue weighted by Gasteiger charge is 2.65. The Morgan fingerprint density at radius 1 is 1.00 bits per heavy atom. The van der Waals surface area contributed by atoms with Gasteiger partial charge >= 0.3 is 0 Å². The number of rotatable bonds is 5. The first-order valence-corrected chi connectivity index (χ1v) is 14.5. The van der Waals surface area contributed by atoms with Gasteiger partial charge in [0, 0.05) is 4.88 Å². The van der Waals surface area contributed by atoms with Gasteiger partial charge in [-0.3, -0.25) is 0 Å². The van der Waals surface area contributed by atoms with Gasteiger partial charge in [-0.05, 0) is 90.8 Å². The average molecular weight is 475 g/mol. The summed E-state index contributed by atoms with van der Waals surface area (Å²) in [4.78, 5) is 5.89. The Morgan fingerprint density at radius 3 is 2.45 bits per heavy atom. The van der Waals surface area contributed by atoms with Crippen LogP contribution in [0.5, 0.6) is 0 Å². The van der Waals surface area contributed by atoms with Crippen molar-refractivity contribution in [2.45, 2.75) is 105 Å². The summed E-state index contributed by atoms with van der Waals surface area (Å²) >= 11 is 1.64. The second kappa shape index (κ2) is 8.48. The van der Waals surface area contributed by atoms with Crippen molar-refractivity contribution in [1.82, 2.24) is 4.98 Å². The quantitative estimate of drug-likeness (QED) is 0.511. The van der Waals surface area contributed by atoms with Crippen LogP contribution in [0.2, 0.25) is 0 Å². The van der Waals surface area contributed by atoms with Crippen molar-refractivity contribution in [2.75, 3.05) is 5.73 Å². The van der Waals surface area contributed by atoms with E-state index in [-0.39, 0.29) is 17.3 Å². The van der Waals surface area contributed by atoms with E-state index in [0.29, 0.717) is 22.4 Å².